The molecule has 0 spiro atoms. The molecule has 1 fully saturated rings. The molecular formula is C15H26BrIN4O. The minimum atomic E-state index is -0.574. The molecule has 2 rings (SSSR count). The van der Waals surface area contributed by atoms with E-state index in [9.17, 15) is 5.11 Å². The van der Waals surface area contributed by atoms with E-state index in [0.717, 1.165) is 42.8 Å². The van der Waals surface area contributed by atoms with Crippen LogP contribution >= 0.6 is 39.9 Å². The summed E-state index contributed by atoms with van der Waals surface area (Å²) in [5.41, 5.74) is 0.632. The van der Waals surface area contributed by atoms with Crippen LogP contribution in [0.4, 0.5) is 0 Å². The SMILES string of the molecule is CCNC(=NCC1(O)CCC1)N(C)Cc1cc(Br)cn1C.I. The molecule has 1 aromatic rings. The van der Waals surface area contributed by atoms with Crippen molar-refractivity contribution in [1.82, 2.24) is 14.8 Å². The number of hydrogen-bond acceptors (Lipinski definition) is 2. The molecule has 7 heteroatoms. The lowest BCUT2D eigenvalue weighted by Gasteiger charge is -2.35. The number of hydrogen-bond donors (Lipinski definition) is 2. The van der Waals surface area contributed by atoms with Gasteiger partial charge in [0.15, 0.2) is 5.96 Å². The van der Waals surface area contributed by atoms with Gasteiger partial charge >= 0.3 is 0 Å². The van der Waals surface area contributed by atoms with Crippen LogP contribution in [0.2, 0.25) is 0 Å². The Morgan fingerprint density at radius 1 is 1.55 bits per heavy atom. The molecule has 1 aliphatic carbocycles. The van der Waals surface area contributed by atoms with Crippen molar-refractivity contribution >= 4 is 45.9 Å². The Bertz CT molecular complexity index is 514. The number of guanidine groups is 1. The van der Waals surface area contributed by atoms with Gasteiger partial charge in [-0.2, -0.15) is 0 Å². The Kier molecular flexibility index (Phi) is 7.67. The predicted octanol–water partition coefficient (Wildman–Crippen LogP) is 2.72. The normalized spacial score (nSPS) is 16.7. The largest absolute Gasteiger partial charge is 0.388 e. The van der Waals surface area contributed by atoms with Gasteiger partial charge in [0.25, 0.3) is 0 Å². The minimum absolute atomic E-state index is 0. The quantitative estimate of drug-likeness (QED) is 0.384. The number of aryl methyl sites for hydroxylation is 1. The van der Waals surface area contributed by atoms with Gasteiger partial charge in [-0.1, -0.05) is 0 Å². The van der Waals surface area contributed by atoms with Crippen molar-refractivity contribution in [2.75, 3.05) is 20.1 Å². The summed E-state index contributed by atoms with van der Waals surface area (Å²) in [6.07, 6.45) is 4.88. The summed E-state index contributed by atoms with van der Waals surface area (Å²) in [5.74, 6) is 0.843. The summed E-state index contributed by atoms with van der Waals surface area (Å²) >= 11 is 3.50. The van der Waals surface area contributed by atoms with Crippen LogP contribution in [0.3, 0.4) is 0 Å². The van der Waals surface area contributed by atoms with E-state index in [-0.39, 0.29) is 24.0 Å². The lowest BCUT2D eigenvalue weighted by atomic mass is 9.80. The maximum Gasteiger partial charge on any atom is 0.194 e. The van der Waals surface area contributed by atoms with Crippen LogP contribution in [0.15, 0.2) is 21.7 Å². The third-order valence-electron chi connectivity index (χ3n) is 3.98. The van der Waals surface area contributed by atoms with Gasteiger partial charge in [-0.25, -0.2) is 0 Å². The van der Waals surface area contributed by atoms with Gasteiger partial charge in [0.2, 0.25) is 0 Å². The highest BCUT2D eigenvalue weighted by atomic mass is 127. The van der Waals surface area contributed by atoms with Gasteiger partial charge in [0.05, 0.1) is 18.7 Å². The summed E-state index contributed by atoms with van der Waals surface area (Å²) in [7, 11) is 4.06. The first-order valence-electron chi connectivity index (χ1n) is 7.46. The fraction of sp³-hybridized carbons (Fsp3) is 0.667. The third-order valence-corrected chi connectivity index (χ3v) is 4.41. The average Bonchev–Trinajstić information content (AvgIpc) is 2.70. The molecule has 0 radical (unpaired) electrons. The second-order valence-electron chi connectivity index (χ2n) is 5.86. The minimum Gasteiger partial charge on any atom is -0.388 e. The zero-order valence-corrected chi connectivity index (χ0v) is 17.4. The van der Waals surface area contributed by atoms with Gasteiger partial charge in [-0.15, -0.1) is 24.0 Å². The molecular weight excluding hydrogens is 459 g/mol. The highest BCUT2D eigenvalue weighted by Gasteiger charge is 2.34. The van der Waals surface area contributed by atoms with Crippen LogP contribution in [-0.4, -0.2) is 46.3 Å². The smallest absolute Gasteiger partial charge is 0.194 e. The molecule has 0 unspecified atom stereocenters. The Balaban J connectivity index is 0.00000242. The zero-order chi connectivity index (χ0) is 15.5. The molecule has 0 bridgehead atoms. The highest BCUT2D eigenvalue weighted by molar-refractivity contribution is 14.0. The number of aliphatic hydroxyl groups is 1. The monoisotopic (exact) mass is 484 g/mol. The summed E-state index contributed by atoms with van der Waals surface area (Å²) in [5, 5.41) is 13.5. The number of aromatic nitrogens is 1. The number of aliphatic imine (C=N–C) groups is 1. The second kappa shape index (κ2) is 8.54. The van der Waals surface area contributed by atoms with E-state index in [1.165, 1.54) is 5.69 Å². The maximum atomic E-state index is 10.2. The fourth-order valence-corrected chi connectivity index (χ4v) is 3.05. The standard InChI is InChI=1S/C15H25BrN4O.HI/c1-4-17-14(18-11-15(21)6-5-7-15)20(3)10-13-8-12(16)9-19(13)2;/h8-9,21H,4-7,10-11H2,1-3H3,(H,17,18);1H. The third kappa shape index (κ3) is 5.13. The first-order valence-corrected chi connectivity index (χ1v) is 8.25. The van der Waals surface area contributed by atoms with Gasteiger partial charge in [-0.05, 0) is 48.2 Å². The first-order chi connectivity index (χ1) is 9.93. The van der Waals surface area contributed by atoms with Gasteiger partial charge in [0.1, 0.15) is 0 Å². The number of halogens is 2. The summed E-state index contributed by atoms with van der Waals surface area (Å²) in [4.78, 5) is 6.69. The van der Waals surface area contributed by atoms with Crippen molar-refractivity contribution in [1.29, 1.82) is 0 Å². The first kappa shape index (κ1) is 19.8. The number of rotatable bonds is 5. The van der Waals surface area contributed by atoms with Crippen LogP contribution in [0.25, 0.3) is 0 Å². The Morgan fingerprint density at radius 2 is 2.23 bits per heavy atom. The molecule has 126 valence electrons. The van der Waals surface area contributed by atoms with Crippen LogP contribution in [-0.2, 0) is 13.6 Å². The predicted molar refractivity (Wildman–Crippen MR) is 105 cm³/mol. The lowest BCUT2D eigenvalue weighted by Crippen LogP contribution is -2.43. The van der Waals surface area contributed by atoms with Crippen LogP contribution in [0.1, 0.15) is 31.9 Å². The van der Waals surface area contributed by atoms with Gasteiger partial charge in [-0.3, -0.25) is 4.99 Å². The van der Waals surface area contributed by atoms with Crippen molar-refractivity contribution < 1.29 is 5.11 Å². The molecule has 5 nitrogen and oxygen atoms in total. The van der Waals surface area contributed by atoms with E-state index >= 15 is 0 Å². The average molecular weight is 485 g/mol. The maximum absolute atomic E-state index is 10.2. The second-order valence-corrected chi connectivity index (χ2v) is 6.78. The zero-order valence-electron chi connectivity index (χ0n) is 13.5. The van der Waals surface area contributed by atoms with Crippen LogP contribution in [0, 0.1) is 0 Å². The Morgan fingerprint density at radius 3 is 2.68 bits per heavy atom. The lowest BCUT2D eigenvalue weighted by molar-refractivity contribution is -0.0237. The van der Waals surface area contributed by atoms with Crippen molar-refractivity contribution in [3.05, 3.63) is 22.4 Å². The Labute approximate surface area is 158 Å². The van der Waals surface area contributed by atoms with Gasteiger partial charge in [0, 0.05) is 37.0 Å². The van der Waals surface area contributed by atoms with Crippen molar-refractivity contribution in [2.45, 2.75) is 38.3 Å². The van der Waals surface area contributed by atoms with Gasteiger partial charge < -0.3 is 19.9 Å². The molecule has 1 aromatic heterocycles. The molecule has 0 atom stereocenters. The van der Waals surface area contributed by atoms with Crippen molar-refractivity contribution in [2.24, 2.45) is 12.0 Å². The van der Waals surface area contributed by atoms with E-state index in [4.69, 9.17) is 0 Å². The van der Waals surface area contributed by atoms with E-state index < -0.39 is 5.60 Å². The van der Waals surface area contributed by atoms with Crippen LogP contribution < -0.4 is 5.32 Å². The van der Waals surface area contributed by atoms with E-state index in [0.29, 0.717) is 6.54 Å². The van der Waals surface area contributed by atoms with E-state index in [1.807, 2.05) is 20.3 Å². The Hall–Kier alpha value is -0.280. The van der Waals surface area contributed by atoms with Crippen LogP contribution in [0.5, 0.6) is 0 Å². The van der Waals surface area contributed by atoms with E-state index in [1.54, 1.807) is 0 Å². The fourth-order valence-electron chi connectivity index (χ4n) is 2.48. The molecule has 0 aromatic carbocycles. The summed E-state index contributed by atoms with van der Waals surface area (Å²) < 4.78 is 3.18. The molecule has 0 saturated heterocycles. The molecule has 0 amide bonds. The van der Waals surface area contributed by atoms with Crippen molar-refractivity contribution in [3.63, 3.8) is 0 Å². The molecule has 2 N–H and O–H groups in total. The molecule has 1 saturated carbocycles. The topological polar surface area (TPSA) is 52.8 Å². The highest BCUT2D eigenvalue weighted by Crippen LogP contribution is 2.31. The number of nitrogens with zero attached hydrogens (tertiary/aromatic N) is 3. The molecule has 1 aliphatic rings. The van der Waals surface area contributed by atoms with Crippen molar-refractivity contribution in [3.8, 4) is 0 Å². The molecule has 1 heterocycles. The number of nitrogens with one attached hydrogen (secondary N) is 1. The molecule has 0 aliphatic heterocycles. The summed E-state index contributed by atoms with van der Waals surface area (Å²) in [6.45, 7) is 4.13. The van der Waals surface area contributed by atoms with E-state index in [2.05, 4.69) is 48.7 Å². The molecule has 22 heavy (non-hydrogen) atoms. The summed E-state index contributed by atoms with van der Waals surface area (Å²) in [6, 6.07) is 2.11.